The monoisotopic (exact) mass is 278 g/mol. The van der Waals surface area contributed by atoms with E-state index in [2.05, 4.69) is 4.98 Å². The molecule has 4 nitrogen and oxygen atoms in total. The van der Waals surface area contributed by atoms with Crippen LogP contribution in [0.15, 0.2) is 29.3 Å². The van der Waals surface area contributed by atoms with E-state index in [0.29, 0.717) is 15.9 Å². The Labute approximate surface area is 116 Å². The van der Waals surface area contributed by atoms with Crippen molar-refractivity contribution in [1.29, 1.82) is 0 Å². The van der Waals surface area contributed by atoms with Crippen LogP contribution in [0, 0.1) is 5.41 Å². The van der Waals surface area contributed by atoms with E-state index < -0.39 is 5.41 Å². The lowest BCUT2D eigenvalue weighted by molar-refractivity contribution is -0.126. The van der Waals surface area contributed by atoms with E-state index in [9.17, 15) is 9.59 Å². The van der Waals surface area contributed by atoms with Gasteiger partial charge in [-0.2, -0.15) is 0 Å². The van der Waals surface area contributed by atoms with E-state index in [1.165, 1.54) is 10.9 Å². The summed E-state index contributed by atoms with van der Waals surface area (Å²) in [4.78, 5) is 28.4. The quantitative estimate of drug-likeness (QED) is 0.849. The Bertz CT molecular complexity index is 699. The Morgan fingerprint density at radius 2 is 2.05 bits per heavy atom. The molecule has 0 aliphatic carbocycles. The molecule has 100 valence electrons. The van der Waals surface area contributed by atoms with Gasteiger partial charge in [0, 0.05) is 10.4 Å². The Kier molecular flexibility index (Phi) is 3.45. The Morgan fingerprint density at radius 1 is 1.37 bits per heavy atom. The van der Waals surface area contributed by atoms with Crippen molar-refractivity contribution < 1.29 is 4.79 Å². The summed E-state index contributed by atoms with van der Waals surface area (Å²) in [6.45, 7) is 5.50. The van der Waals surface area contributed by atoms with Crippen molar-refractivity contribution in [2.75, 3.05) is 0 Å². The Balaban J connectivity index is 2.49. The molecule has 0 unspecified atom stereocenters. The molecular formula is C14H15ClN2O2. The molecule has 19 heavy (non-hydrogen) atoms. The summed E-state index contributed by atoms with van der Waals surface area (Å²) < 4.78 is 1.33. The third kappa shape index (κ3) is 2.84. The molecule has 0 atom stereocenters. The van der Waals surface area contributed by atoms with E-state index in [-0.39, 0.29) is 17.9 Å². The minimum Gasteiger partial charge on any atom is -0.297 e. The van der Waals surface area contributed by atoms with Crippen LogP contribution in [-0.4, -0.2) is 15.3 Å². The number of carbonyl (C=O) groups excluding carboxylic acids is 1. The van der Waals surface area contributed by atoms with Crippen LogP contribution < -0.4 is 5.56 Å². The molecule has 0 saturated heterocycles. The highest BCUT2D eigenvalue weighted by atomic mass is 35.5. The Hall–Kier alpha value is -1.68. The largest absolute Gasteiger partial charge is 0.297 e. The maximum absolute atomic E-state index is 12.3. The molecule has 0 amide bonds. The third-order valence-corrected chi connectivity index (χ3v) is 3.17. The summed E-state index contributed by atoms with van der Waals surface area (Å²) in [5.74, 6) is -0.0159. The van der Waals surface area contributed by atoms with E-state index >= 15 is 0 Å². The lowest BCUT2D eigenvalue weighted by atomic mass is 9.91. The standard InChI is InChI=1S/C14H15ClN2O2/c1-14(2,3)12(18)7-17-8-16-11-5-4-9(15)6-10(11)13(17)19/h4-6,8H,7H2,1-3H3. The number of ketones is 1. The first-order valence-corrected chi connectivity index (χ1v) is 6.35. The summed E-state index contributed by atoms with van der Waals surface area (Å²) >= 11 is 5.88. The van der Waals surface area contributed by atoms with Gasteiger partial charge in [-0.05, 0) is 18.2 Å². The van der Waals surface area contributed by atoms with Gasteiger partial charge in [0.1, 0.15) is 0 Å². The third-order valence-electron chi connectivity index (χ3n) is 2.94. The molecule has 0 fully saturated rings. The number of hydrogen-bond donors (Lipinski definition) is 0. The maximum atomic E-state index is 12.3. The van der Waals surface area contributed by atoms with Crippen molar-refractivity contribution in [2.24, 2.45) is 5.41 Å². The molecule has 0 radical (unpaired) electrons. The molecule has 2 rings (SSSR count). The van der Waals surface area contributed by atoms with Crippen LogP contribution in [0.4, 0.5) is 0 Å². The first kappa shape index (κ1) is 13.7. The van der Waals surface area contributed by atoms with Gasteiger partial charge >= 0.3 is 0 Å². The SMILES string of the molecule is CC(C)(C)C(=O)Cn1cnc2ccc(Cl)cc2c1=O. The number of Topliss-reactive ketones (excluding diaryl/α,β-unsaturated/α-hetero) is 1. The molecule has 0 aliphatic heterocycles. The van der Waals surface area contributed by atoms with Gasteiger partial charge in [0.05, 0.1) is 23.8 Å². The highest BCUT2D eigenvalue weighted by Gasteiger charge is 2.22. The van der Waals surface area contributed by atoms with Crippen LogP contribution >= 0.6 is 11.6 Å². The van der Waals surface area contributed by atoms with E-state index in [1.54, 1.807) is 18.2 Å². The fourth-order valence-corrected chi connectivity index (χ4v) is 1.81. The highest BCUT2D eigenvalue weighted by molar-refractivity contribution is 6.31. The van der Waals surface area contributed by atoms with Gasteiger partial charge < -0.3 is 0 Å². The van der Waals surface area contributed by atoms with Crippen molar-refractivity contribution in [3.8, 4) is 0 Å². The minimum absolute atomic E-state index is 0.0159. The molecule has 1 aromatic heterocycles. The summed E-state index contributed by atoms with van der Waals surface area (Å²) in [6, 6.07) is 4.94. The average molecular weight is 279 g/mol. The van der Waals surface area contributed by atoms with Crippen LogP contribution in [0.25, 0.3) is 10.9 Å². The molecule has 0 saturated carbocycles. The number of rotatable bonds is 2. The molecule has 0 aliphatic rings. The molecule has 0 spiro atoms. The number of aromatic nitrogens is 2. The normalized spacial score (nSPS) is 11.8. The smallest absolute Gasteiger partial charge is 0.261 e. The second kappa shape index (κ2) is 4.78. The van der Waals surface area contributed by atoms with Gasteiger partial charge in [0.15, 0.2) is 5.78 Å². The number of halogens is 1. The topological polar surface area (TPSA) is 52.0 Å². The molecule has 0 N–H and O–H groups in total. The van der Waals surface area contributed by atoms with E-state index in [0.717, 1.165) is 0 Å². The van der Waals surface area contributed by atoms with Crippen molar-refractivity contribution in [3.05, 3.63) is 39.9 Å². The zero-order valence-corrected chi connectivity index (χ0v) is 11.9. The van der Waals surface area contributed by atoms with Crippen LogP contribution in [0.1, 0.15) is 20.8 Å². The first-order chi connectivity index (χ1) is 8.79. The fourth-order valence-electron chi connectivity index (χ4n) is 1.64. The van der Waals surface area contributed by atoms with Crippen LogP contribution in [-0.2, 0) is 11.3 Å². The van der Waals surface area contributed by atoms with Crippen molar-refractivity contribution in [2.45, 2.75) is 27.3 Å². The summed E-state index contributed by atoms with van der Waals surface area (Å²) in [5, 5.41) is 0.906. The van der Waals surface area contributed by atoms with Gasteiger partial charge in [0.25, 0.3) is 5.56 Å². The van der Waals surface area contributed by atoms with Crippen LogP contribution in [0.2, 0.25) is 5.02 Å². The number of benzene rings is 1. The van der Waals surface area contributed by atoms with E-state index in [1.807, 2.05) is 20.8 Å². The second-order valence-corrected chi connectivity index (χ2v) is 5.95. The van der Waals surface area contributed by atoms with Crippen molar-refractivity contribution in [3.63, 3.8) is 0 Å². The lowest BCUT2D eigenvalue weighted by Crippen LogP contribution is -2.30. The molecule has 5 heteroatoms. The zero-order valence-electron chi connectivity index (χ0n) is 11.1. The van der Waals surface area contributed by atoms with Gasteiger partial charge in [-0.25, -0.2) is 4.98 Å². The van der Waals surface area contributed by atoms with Gasteiger partial charge in [-0.3, -0.25) is 14.2 Å². The maximum Gasteiger partial charge on any atom is 0.261 e. The summed E-state index contributed by atoms with van der Waals surface area (Å²) in [6.07, 6.45) is 1.40. The molecule has 0 bridgehead atoms. The fraction of sp³-hybridized carbons (Fsp3) is 0.357. The van der Waals surface area contributed by atoms with Crippen LogP contribution in [0.3, 0.4) is 0 Å². The Morgan fingerprint density at radius 3 is 2.68 bits per heavy atom. The average Bonchev–Trinajstić information content (AvgIpc) is 2.32. The predicted molar refractivity (Wildman–Crippen MR) is 75.5 cm³/mol. The number of fused-ring (bicyclic) bond motifs is 1. The highest BCUT2D eigenvalue weighted by Crippen LogP contribution is 2.16. The van der Waals surface area contributed by atoms with Gasteiger partial charge in [-0.1, -0.05) is 32.4 Å². The predicted octanol–water partition coefficient (Wildman–Crippen LogP) is 2.67. The van der Waals surface area contributed by atoms with Gasteiger partial charge in [-0.15, -0.1) is 0 Å². The number of hydrogen-bond acceptors (Lipinski definition) is 3. The second-order valence-electron chi connectivity index (χ2n) is 5.51. The van der Waals surface area contributed by atoms with Crippen LogP contribution in [0.5, 0.6) is 0 Å². The molecule has 2 aromatic rings. The number of nitrogens with zero attached hydrogens (tertiary/aromatic N) is 2. The summed E-state index contributed by atoms with van der Waals surface area (Å²) in [7, 11) is 0. The molecular weight excluding hydrogens is 264 g/mol. The van der Waals surface area contributed by atoms with Crippen molar-refractivity contribution >= 4 is 28.3 Å². The number of carbonyl (C=O) groups is 1. The zero-order chi connectivity index (χ0) is 14.2. The lowest BCUT2D eigenvalue weighted by Gasteiger charge is -2.17. The van der Waals surface area contributed by atoms with Crippen molar-refractivity contribution in [1.82, 2.24) is 9.55 Å². The molecule has 1 heterocycles. The first-order valence-electron chi connectivity index (χ1n) is 5.97. The summed E-state index contributed by atoms with van der Waals surface area (Å²) in [5.41, 5.74) is -0.151. The van der Waals surface area contributed by atoms with E-state index in [4.69, 9.17) is 11.6 Å². The minimum atomic E-state index is -0.483. The molecule has 1 aromatic carbocycles. The van der Waals surface area contributed by atoms with Gasteiger partial charge in [0.2, 0.25) is 0 Å².